The highest BCUT2D eigenvalue weighted by atomic mass is 16.5. The van der Waals surface area contributed by atoms with E-state index in [1.54, 1.807) is 0 Å². The number of hydrogen-bond acceptors (Lipinski definition) is 4. The normalized spacial score (nSPS) is 19.3. The van der Waals surface area contributed by atoms with Crippen LogP contribution < -0.4 is 10.6 Å². The highest BCUT2D eigenvalue weighted by Gasteiger charge is 2.43. The van der Waals surface area contributed by atoms with E-state index in [4.69, 9.17) is 4.74 Å². The van der Waals surface area contributed by atoms with E-state index in [1.165, 1.54) is 11.1 Å². The fourth-order valence-corrected chi connectivity index (χ4v) is 5.00. The van der Waals surface area contributed by atoms with Gasteiger partial charge in [0.2, 0.25) is 5.91 Å². The minimum absolute atomic E-state index is 0.00267. The zero-order chi connectivity index (χ0) is 25.2. The number of aliphatic carboxylic acids is 1. The molecule has 0 saturated heterocycles. The van der Waals surface area contributed by atoms with Crippen LogP contribution in [0.15, 0.2) is 48.5 Å². The Kier molecular flexibility index (Phi) is 7.15. The van der Waals surface area contributed by atoms with Crippen LogP contribution in [0.2, 0.25) is 0 Å². The van der Waals surface area contributed by atoms with Gasteiger partial charge in [0, 0.05) is 24.9 Å². The van der Waals surface area contributed by atoms with Crippen LogP contribution in [-0.4, -0.2) is 42.8 Å². The monoisotopic (exact) mass is 478 g/mol. The van der Waals surface area contributed by atoms with Crippen molar-refractivity contribution in [2.24, 2.45) is 23.2 Å². The molecule has 2 aliphatic rings. The summed E-state index contributed by atoms with van der Waals surface area (Å²) in [6.45, 7) is 6.68. The summed E-state index contributed by atoms with van der Waals surface area (Å²) in [7, 11) is 0. The van der Waals surface area contributed by atoms with E-state index in [9.17, 15) is 19.5 Å². The van der Waals surface area contributed by atoms with Gasteiger partial charge >= 0.3 is 12.1 Å². The maximum atomic E-state index is 12.4. The zero-order valence-corrected chi connectivity index (χ0v) is 20.5. The smallest absolute Gasteiger partial charge is 0.407 e. The fraction of sp³-hybridized carbons (Fsp3) is 0.464. The standard InChI is InChI=1S/C28H34N2O5/c1-28(2,3)13-18(26(32)33)15-29-25(31)23-12-17(23)14-30-27(34)35-16-24-21-10-6-4-8-19(21)20-9-5-7-11-22(20)24/h4-11,17-18,23-24H,12-16H2,1-3H3,(H,29,31)(H,30,34)(H,32,33). The minimum Gasteiger partial charge on any atom is -0.481 e. The van der Waals surface area contributed by atoms with Gasteiger partial charge < -0.3 is 20.5 Å². The molecule has 0 bridgehead atoms. The van der Waals surface area contributed by atoms with Gasteiger partial charge in [0.25, 0.3) is 0 Å². The van der Waals surface area contributed by atoms with Crippen molar-refractivity contribution in [2.45, 2.75) is 39.5 Å². The molecule has 186 valence electrons. The number of alkyl carbamates (subject to hydrolysis) is 1. The van der Waals surface area contributed by atoms with Crippen LogP contribution in [0.25, 0.3) is 11.1 Å². The maximum Gasteiger partial charge on any atom is 0.407 e. The Labute approximate surface area is 206 Å². The Morgan fingerprint density at radius 2 is 1.60 bits per heavy atom. The molecule has 2 aromatic rings. The molecule has 3 unspecified atom stereocenters. The molecule has 0 aliphatic heterocycles. The number of nitrogens with one attached hydrogen (secondary N) is 2. The van der Waals surface area contributed by atoms with Crippen LogP contribution in [0, 0.1) is 23.2 Å². The molecular weight excluding hydrogens is 444 g/mol. The number of ether oxygens (including phenoxy) is 1. The number of fused-ring (bicyclic) bond motifs is 3. The van der Waals surface area contributed by atoms with E-state index >= 15 is 0 Å². The molecule has 3 atom stereocenters. The first-order valence-corrected chi connectivity index (χ1v) is 12.2. The topological polar surface area (TPSA) is 105 Å². The van der Waals surface area contributed by atoms with Gasteiger partial charge in [-0.1, -0.05) is 69.3 Å². The van der Waals surface area contributed by atoms with E-state index in [2.05, 4.69) is 34.9 Å². The Bertz CT molecular complexity index is 1060. The summed E-state index contributed by atoms with van der Waals surface area (Å²) in [5, 5.41) is 15.0. The van der Waals surface area contributed by atoms with E-state index in [0.29, 0.717) is 19.4 Å². The molecule has 4 rings (SSSR count). The van der Waals surface area contributed by atoms with Crippen LogP contribution in [-0.2, 0) is 14.3 Å². The Morgan fingerprint density at radius 1 is 1.00 bits per heavy atom. The van der Waals surface area contributed by atoms with Crippen LogP contribution in [0.3, 0.4) is 0 Å². The molecule has 35 heavy (non-hydrogen) atoms. The number of carbonyl (C=O) groups is 3. The lowest BCUT2D eigenvalue weighted by Gasteiger charge is -2.23. The van der Waals surface area contributed by atoms with Gasteiger partial charge in [0.1, 0.15) is 6.61 Å². The third-order valence-corrected chi connectivity index (χ3v) is 6.84. The van der Waals surface area contributed by atoms with Crippen molar-refractivity contribution in [3.05, 3.63) is 59.7 Å². The van der Waals surface area contributed by atoms with Crippen LogP contribution >= 0.6 is 0 Å². The number of carboxylic acids is 1. The Balaban J connectivity index is 1.21. The summed E-state index contributed by atoms with van der Waals surface area (Å²) in [6.07, 6.45) is 0.668. The molecule has 1 saturated carbocycles. The number of benzene rings is 2. The number of amides is 2. The SMILES string of the molecule is CC(C)(C)CC(CNC(=O)C1CC1CNC(=O)OCC1c2ccccc2-c2ccccc21)C(=O)O. The van der Waals surface area contributed by atoms with Crippen molar-refractivity contribution in [1.82, 2.24) is 10.6 Å². The summed E-state index contributed by atoms with van der Waals surface area (Å²) in [5.41, 5.74) is 4.54. The lowest BCUT2D eigenvalue weighted by atomic mass is 9.84. The second-order valence-corrected chi connectivity index (χ2v) is 10.9. The lowest BCUT2D eigenvalue weighted by molar-refractivity contribution is -0.142. The highest BCUT2D eigenvalue weighted by molar-refractivity contribution is 5.82. The van der Waals surface area contributed by atoms with Gasteiger partial charge in [-0.2, -0.15) is 0 Å². The first-order chi connectivity index (χ1) is 16.6. The van der Waals surface area contributed by atoms with Crippen LogP contribution in [0.5, 0.6) is 0 Å². The molecule has 1 fully saturated rings. The molecule has 7 nitrogen and oxygen atoms in total. The van der Waals surface area contributed by atoms with E-state index in [1.807, 2.05) is 45.0 Å². The van der Waals surface area contributed by atoms with Gasteiger partial charge in [-0.25, -0.2) is 4.79 Å². The van der Waals surface area contributed by atoms with Crippen molar-refractivity contribution in [3.63, 3.8) is 0 Å². The van der Waals surface area contributed by atoms with Gasteiger partial charge in [-0.3, -0.25) is 9.59 Å². The Morgan fingerprint density at radius 3 is 2.17 bits per heavy atom. The second kappa shape index (κ2) is 10.1. The fourth-order valence-electron chi connectivity index (χ4n) is 5.00. The number of hydrogen-bond donors (Lipinski definition) is 3. The molecule has 0 spiro atoms. The summed E-state index contributed by atoms with van der Waals surface area (Å²) < 4.78 is 5.55. The van der Waals surface area contributed by atoms with E-state index < -0.39 is 18.0 Å². The third-order valence-electron chi connectivity index (χ3n) is 6.84. The van der Waals surface area contributed by atoms with E-state index in [0.717, 1.165) is 11.1 Å². The van der Waals surface area contributed by atoms with Gasteiger partial charge in [0.15, 0.2) is 0 Å². The average Bonchev–Trinajstić information content (AvgIpc) is 3.53. The summed E-state index contributed by atoms with van der Waals surface area (Å²) in [6, 6.07) is 16.4. The molecule has 2 aromatic carbocycles. The molecule has 2 amide bonds. The predicted molar refractivity (Wildman–Crippen MR) is 133 cm³/mol. The largest absolute Gasteiger partial charge is 0.481 e. The predicted octanol–water partition coefficient (Wildman–Crippen LogP) is 4.41. The summed E-state index contributed by atoms with van der Waals surface area (Å²) in [5.74, 6) is -1.82. The van der Waals surface area contributed by atoms with Crippen molar-refractivity contribution < 1.29 is 24.2 Å². The second-order valence-electron chi connectivity index (χ2n) is 10.9. The van der Waals surface area contributed by atoms with Crippen molar-refractivity contribution in [2.75, 3.05) is 19.7 Å². The molecule has 7 heteroatoms. The van der Waals surface area contributed by atoms with Crippen molar-refractivity contribution >= 4 is 18.0 Å². The minimum atomic E-state index is -0.899. The summed E-state index contributed by atoms with van der Waals surface area (Å²) >= 11 is 0. The van der Waals surface area contributed by atoms with Crippen molar-refractivity contribution in [3.8, 4) is 11.1 Å². The zero-order valence-electron chi connectivity index (χ0n) is 20.5. The third kappa shape index (κ3) is 6.02. The van der Waals surface area contributed by atoms with Gasteiger partial charge in [-0.05, 0) is 46.4 Å². The first kappa shape index (κ1) is 24.8. The number of rotatable bonds is 9. The molecule has 0 heterocycles. The summed E-state index contributed by atoms with van der Waals surface area (Å²) in [4.78, 5) is 36.3. The average molecular weight is 479 g/mol. The molecule has 0 radical (unpaired) electrons. The highest BCUT2D eigenvalue weighted by Crippen LogP contribution is 2.44. The Hall–Kier alpha value is -3.35. The first-order valence-electron chi connectivity index (χ1n) is 12.2. The number of carbonyl (C=O) groups excluding carboxylic acids is 2. The van der Waals surface area contributed by atoms with Gasteiger partial charge in [-0.15, -0.1) is 0 Å². The number of carboxylic acid groups (broad SMARTS) is 1. The lowest BCUT2D eigenvalue weighted by Crippen LogP contribution is -2.36. The molecule has 3 N–H and O–H groups in total. The van der Waals surface area contributed by atoms with Crippen LogP contribution in [0.1, 0.15) is 50.7 Å². The quantitative estimate of drug-likeness (QED) is 0.495. The molecule has 0 aromatic heterocycles. The molecule has 2 aliphatic carbocycles. The molecular formula is C28H34N2O5. The van der Waals surface area contributed by atoms with Crippen molar-refractivity contribution in [1.29, 1.82) is 0 Å². The maximum absolute atomic E-state index is 12.4. The van der Waals surface area contributed by atoms with Crippen LogP contribution in [0.4, 0.5) is 4.79 Å². The van der Waals surface area contributed by atoms with E-state index in [-0.39, 0.29) is 42.2 Å². The van der Waals surface area contributed by atoms with Gasteiger partial charge in [0.05, 0.1) is 5.92 Å².